The molecule has 3 heterocycles. The van der Waals surface area contributed by atoms with E-state index in [4.69, 9.17) is 0 Å². The molecule has 0 saturated heterocycles. The van der Waals surface area contributed by atoms with Gasteiger partial charge in [-0.15, -0.1) is 0 Å². The van der Waals surface area contributed by atoms with E-state index in [0.29, 0.717) is 28.4 Å². The van der Waals surface area contributed by atoms with Crippen LogP contribution in [0.4, 0.5) is 13.2 Å². The first-order valence-corrected chi connectivity index (χ1v) is 8.41. The van der Waals surface area contributed by atoms with Crippen LogP contribution in [-0.2, 0) is 6.18 Å². The molecule has 0 fully saturated rings. The Balaban J connectivity index is 1.88. The Labute approximate surface area is 156 Å². The molecular weight excluding hydrogens is 373 g/mol. The van der Waals surface area contributed by atoms with Crippen LogP contribution in [0.2, 0.25) is 0 Å². The number of aryl methyl sites for hydroxylation is 1. The smallest absolute Gasteiger partial charge is 0.310 e. The van der Waals surface area contributed by atoms with Crippen molar-refractivity contribution >= 4 is 11.0 Å². The highest BCUT2D eigenvalue weighted by atomic mass is 19.4. The molecule has 4 rings (SSSR count). The number of nitrogens with zero attached hydrogens (tertiary/aromatic N) is 4. The maximum Gasteiger partial charge on any atom is 0.416 e. The second-order valence-corrected chi connectivity index (χ2v) is 6.41. The largest absolute Gasteiger partial charge is 0.416 e. The summed E-state index contributed by atoms with van der Waals surface area (Å²) in [5.41, 5.74) is 0.793. The molecule has 1 aromatic carbocycles. The van der Waals surface area contributed by atoms with Crippen molar-refractivity contribution in [3.05, 3.63) is 63.8 Å². The second kappa shape index (κ2) is 6.32. The van der Waals surface area contributed by atoms with Crippen molar-refractivity contribution < 1.29 is 13.2 Å². The van der Waals surface area contributed by atoms with Gasteiger partial charge in [0.1, 0.15) is 16.9 Å². The molecule has 10 heteroatoms. The number of halogens is 3. The summed E-state index contributed by atoms with van der Waals surface area (Å²) in [4.78, 5) is 19.6. The summed E-state index contributed by atoms with van der Waals surface area (Å²) >= 11 is 0. The van der Waals surface area contributed by atoms with Crippen LogP contribution in [0, 0.1) is 6.92 Å². The number of hydrogen-bond acceptors (Lipinski definition) is 4. The van der Waals surface area contributed by atoms with Crippen LogP contribution in [0.3, 0.4) is 0 Å². The minimum absolute atomic E-state index is 0.286. The van der Waals surface area contributed by atoms with Crippen molar-refractivity contribution in [1.29, 1.82) is 0 Å². The molecule has 28 heavy (non-hydrogen) atoms. The van der Waals surface area contributed by atoms with E-state index in [2.05, 4.69) is 25.3 Å². The summed E-state index contributed by atoms with van der Waals surface area (Å²) in [5, 5.41) is 11.5. The molecule has 0 spiro atoms. The molecule has 0 amide bonds. The fourth-order valence-corrected chi connectivity index (χ4v) is 3.09. The van der Waals surface area contributed by atoms with Gasteiger partial charge in [0, 0.05) is 6.20 Å². The molecule has 0 aliphatic rings. The lowest BCUT2D eigenvalue weighted by Gasteiger charge is -2.15. The zero-order valence-electron chi connectivity index (χ0n) is 14.9. The monoisotopic (exact) mass is 388 g/mol. The molecule has 0 bridgehead atoms. The number of fused-ring (bicyclic) bond motifs is 1. The summed E-state index contributed by atoms with van der Waals surface area (Å²) in [6.45, 7) is 3.43. The predicted molar refractivity (Wildman–Crippen MR) is 95.7 cm³/mol. The zero-order chi connectivity index (χ0) is 20.1. The third kappa shape index (κ3) is 2.96. The van der Waals surface area contributed by atoms with Crippen molar-refractivity contribution in [1.82, 2.24) is 29.9 Å². The molecule has 4 aromatic rings. The van der Waals surface area contributed by atoms with E-state index in [9.17, 15) is 18.0 Å². The second-order valence-electron chi connectivity index (χ2n) is 6.41. The predicted octanol–water partition coefficient (Wildman–Crippen LogP) is 3.45. The van der Waals surface area contributed by atoms with Crippen LogP contribution in [0.1, 0.15) is 29.9 Å². The topological polar surface area (TPSA) is 92.2 Å². The highest BCUT2D eigenvalue weighted by Gasteiger charge is 2.30. The number of rotatable bonds is 3. The van der Waals surface area contributed by atoms with E-state index in [0.717, 1.165) is 12.1 Å². The number of nitrogens with one attached hydrogen (secondary N) is 2. The third-order valence-corrected chi connectivity index (χ3v) is 4.52. The maximum atomic E-state index is 12.8. The average Bonchev–Trinajstić information content (AvgIpc) is 3.28. The molecular formula is C18H15F3N6O. The maximum absolute atomic E-state index is 12.8. The molecule has 0 saturated carbocycles. The lowest BCUT2D eigenvalue weighted by atomic mass is 10.1. The van der Waals surface area contributed by atoms with Crippen molar-refractivity contribution in [2.75, 3.05) is 0 Å². The number of benzene rings is 1. The fraction of sp³-hybridized carbons (Fsp3) is 0.222. The molecule has 7 nitrogen and oxygen atoms in total. The Morgan fingerprint density at radius 2 is 1.86 bits per heavy atom. The molecule has 0 radical (unpaired) electrons. The van der Waals surface area contributed by atoms with Gasteiger partial charge >= 0.3 is 6.18 Å². The van der Waals surface area contributed by atoms with E-state index in [1.54, 1.807) is 19.9 Å². The van der Waals surface area contributed by atoms with Crippen LogP contribution in [0.15, 0.2) is 41.3 Å². The van der Waals surface area contributed by atoms with Gasteiger partial charge in [-0.2, -0.15) is 23.4 Å². The van der Waals surface area contributed by atoms with Gasteiger partial charge in [-0.3, -0.25) is 9.89 Å². The Bertz CT molecular complexity index is 1190. The zero-order valence-corrected chi connectivity index (χ0v) is 14.9. The summed E-state index contributed by atoms with van der Waals surface area (Å²) in [5.74, 6) is 0.412. The first-order valence-electron chi connectivity index (χ1n) is 8.41. The quantitative estimate of drug-likeness (QED) is 0.562. The highest BCUT2D eigenvalue weighted by molar-refractivity contribution is 5.89. The number of aromatic nitrogens is 6. The van der Waals surface area contributed by atoms with E-state index in [1.807, 2.05) is 0 Å². The standard InChI is InChI=1S/C18H15F3N6O/c1-9(11-3-5-12(6-4-11)18(19,20)21)27-16-14(17(28)24-10(2)23-16)15(26-27)13-7-8-22-25-13/h3-9H,1-2H3,(H,22,25)(H,23,24,28)/t9-/m1/s1. The van der Waals surface area contributed by atoms with E-state index < -0.39 is 17.8 Å². The van der Waals surface area contributed by atoms with Crippen LogP contribution >= 0.6 is 0 Å². The normalized spacial score (nSPS) is 13.2. The third-order valence-electron chi connectivity index (χ3n) is 4.52. The van der Waals surface area contributed by atoms with Gasteiger partial charge in [-0.25, -0.2) is 9.67 Å². The molecule has 3 aromatic heterocycles. The first kappa shape index (κ1) is 18.0. The minimum atomic E-state index is -4.40. The summed E-state index contributed by atoms with van der Waals surface area (Å²) < 4.78 is 40.0. The molecule has 1 atom stereocenters. The Kier molecular flexibility index (Phi) is 4.06. The Morgan fingerprint density at radius 3 is 2.46 bits per heavy atom. The molecule has 0 unspecified atom stereocenters. The van der Waals surface area contributed by atoms with Gasteiger partial charge in [-0.05, 0) is 37.6 Å². The lowest BCUT2D eigenvalue weighted by molar-refractivity contribution is -0.137. The van der Waals surface area contributed by atoms with Crippen molar-refractivity contribution in [3.63, 3.8) is 0 Å². The van der Waals surface area contributed by atoms with Gasteiger partial charge < -0.3 is 4.98 Å². The first-order chi connectivity index (χ1) is 13.3. The summed E-state index contributed by atoms with van der Waals surface area (Å²) in [7, 11) is 0. The van der Waals surface area contributed by atoms with E-state index in [1.165, 1.54) is 23.0 Å². The lowest BCUT2D eigenvalue weighted by Crippen LogP contribution is -2.13. The summed E-state index contributed by atoms with van der Waals surface area (Å²) in [6.07, 6.45) is -2.87. The van der Waals surface area contributed by atoms with Crippen LogP contribution in [0.5, 0.6) is 0 Å². The van der Waals surface area contributed by atoms with Crippen LogP contribution < -0.4 is 5.56 Å². The SMILES string of the molecule is Cc1nc2c(c(-c3ccn[nH]3)nn2[C@H](C)c2ccc(C(F)(F)F)cc2)c(=O)[nH]1. The highest BCUT2D eigenvalue weighted by Crippen LogP contribution is 2.32. The number of H-pyrrole nitrogens is 2. The number of aromatic amines is 2. The van der Waals surface area contributed by atoms with Crippen molar-refractivity contribution in [2.45, 2.75) is 26.1 Å². The van der Waals surface area contributed by atoms with Crippen LogP contribution in [0.25, 0.3) is 22.4 Å². The molecule has 0 aliphatic carbocycles. The average molecular weight is 388 g/mol. The van der Waals surface area contributed by atoms with Gasteiger partial charge in [0.25, 0.3) is 5.56 Å². The number of hydrogen-bond donors (Lipinski definition) is 2. The van der Waals surface area contributed by atoms with Gasteiger partial charge in [-0.1, -0.05) is 12.1 Å². The van der Waals surface area contributed by atoms with Crippen molar-refractivity contribution in [3.8, 4) is 11.4 Å². The van der Waals surface area contributed by atoms with Gasteiger partial charge in [0.2, 0.25) is 0 Å². The van der Waals surface area contributed by atoms with E-state index >= 15 is 0 Å². The number of alkyl halides is 3. The molecule has 2 N–H and O–H groups in total. The Morgan fingerprint density at radius 1 is 1.14 bits per heavy atom. The van der Waals surface area contributed by atoms with E-state index in [-0.39, 0.29) is 10.9 Å². The Hall–Kier alpha value is -3.43. The molecule has 0 aliphatic heterocycles. The molecule has 144 valence electrons. The van der Waals surface area contributed by atoms with Crippen molar-refractivity contribution in [2.24, 2.45) is 0 Å². The van der Waals surface area contributed by atoms with Crippen LogP contribution in [-0.4, -0.2) is 29.9 Å². The fourth-order valence-electron chi connectivity index (χ4n) is 3.09. The van der Waals surface area contributed by atoms with Gasteiger partial charge in [0.15, 0.2) is 5.65 Å². The summed E-state index contributed by atoms with van der Waals surface area (Å²) in [6, 6.07) is 6.08. The van der Waals surface area contributed by atoms with Gasteiger partial charge in [0.05, 0.1) is 17.3 Å². The minimum Gasteiger partial charge on any atom is -0.310 e.